The SMILES string of the molecule is O=C(CCC1CCCC1)Cc1ccc(C(F)(F)F)cc1. The zero-order valence-electron chi connectivity index (χ0n) is 11.4. The van der Waals surface area contributed by atoms with Crippen molar-refractivity contribution in [3.63, 3.8) is 0 Å². The van der Waals surface area contributed by atoms with Gasteiger partial charge in [-0.1, -0.05) is 37.8 Å². The van der Waals surface area contributed by atoms with E-state index >= 15 is 0 Å². The van der Waals surface area contributed by atoms with Crippen molar-refractivity contribution in [3.8, 4) is 0 Å². The van der Waals surface area contributed by atoms with Gasteiger partial charge in [-0.3, -0.25) is 4.79 Å². The largest absolute Gasteiger partial charge is 0.416 e. The first-order valence-corrected chi connectivity index (χ1v) is 7.13. The second-order valence-corrected chi connectivity index (χ2v) is 5.60. The Balaban J connectivity index is 1.81. The monoisotopic (exact) mass is 284 g/mol. The number of benzene rings is 1. The third-order valence-electron chi connectivity index (χ3n) is 3.99. The van der Waals surface area contributed by atoms with Gasteiger partial charge in [0.15, 0.2) is 0 Å². The van der Waals surface area contributed by atoms with Crippen LogP contribution >= 0.6 is 0 Å². The molecule has 0 radical (unpaired) electrons. The van der Waals surface area contributed by atoms with E-state index in [0.717, 1.165) is 18.6 Å². The lowest BCUT2D eigenvalue weighted by Gasteiger charge is -2.09. The number of hydrogen-bond acceptors (Lipinski definition) is 1. The molecule has 0 amide bonds. The number of carbonyl (C=O) groups excluding carboxylic acids is 1. The van der Waals surface area contributed by atoms with Crippen molar-refractivity contribution in [2.24, 2.45) is 5.92 Å². The highest BCUT2D eigenvalue weighted by molar-refractivity contribution is 5.80. The average molecular weight is 284 g/mol. The van der Waals surface area contributed by atoms with Gasteiger partial charge in [0.2, 0.25) is 0 Å². The Morgan fingerprint density at radius 2 is 1.70 bits per heavy atom. The number of alkyl halides is 3. The fraction of sp³-hybridized carbons (Fsp3) is 0.562. The predicted octanol–water partition coefficient (Wildman–Crippen LogP) is 4.79. The quantitative estimate of drug-likeness (QED) is 0.760. The van der Waals surface area contributed by atoms with Crippen LogP contribution in [-0.2, 0) is 17.4 Å². The molecule has 20 heavy (non-hydrogen) atoms. The summed E-state index contributed by atoms with van der Waals surface area (Å²) in [5.74, 6) is 0.795. The number of rotatable bonds is 5. The Kier molecular flexibility index (Phi) is 4.84. The fourth-order valence-electron chi connectivity index (χ4n) is 2.79. The maximum absolute atomic E-state index is 12.4. The molecule has 1 saturated carbocycles. The molecule has 1 aromatic carbocycles. The van der Waals surface area contributed by atoms with Gasteiger partial charge >= 0.3 is 6.18 Å². The van der Waals surface area contributed by atoms with E-state index < -0.39 is 11.7 Å². The van der Waals surface area contributed by atoms with E-state index in [1.54, 1.807) is 0 Å². The zero-order valence-corrected chi connectivity index (χ0v) is 11.4. The summed E-state index contributed by atoms with van der Waals surface area (Å²) in [4.78, 5) is 11.8. The van der Waals surface area contributed by atoms with E-state index in [9.17, 15) is 18.0 Å². The van der Waals surface area contributed by atoms with E-state index in [1.807, 2.05) is 0 Å². The molecule has 1 aliphatic carbocycles. The lowest BCUT2D eigenvalue weighted by molar-refractivity contribution is -0.137. The minimum absolute atomic E-state index is 0.122. The molecule has 0 atom stereocenters. The van der Waals surface area contributed by atoms with Crippen LogP contribution in [0.1, 0.15) is 49.7 Å². The maximum atomic E-state index is 12.4. The highest BCUT2D eigenvalue weighted by Crippen LogP contribution is 2.30. The van der Waals surface area contributed by atoms with Crippen molar-refractivity contribution in [2.45, 2.75) is 51.1 Å². The Morgan fingerprint density at radius 1 is 1.10 bits per heavy atom. The highest BCUT2D eigenvalue weighted by Gasteiger charge is 2.29. The van der Waals surface area contributed by atoms with Crippen LogP contribution in [0, 0.1) is 5.92 Å². The molecule has 0 bridgehead atoms. The second-order valence-electron chi connectivity index (χ2n) is 5.60. The van der Waals surface area contributed by atoms with Crippen molar-refractivity contribution in [3.05, 3.63) is 35.4 Å². The van der Waals surface area contributed by atoms with Crippen LogP contribution in [0.3, 0.4) is 0 Å². The summed E-state index contributed by atoms with van der Waals surface area (Å²) in [5.41, 5.74) is -0.00548. The molecule has 0 unspecified atom stereocenters. The summed E-state index contributed by atoms with van der Waals surface area (Å²) in [6, 6.07) is 4.88. The van der Waals surface area contributed by atoms with Gasteiger partial charge < -0.3 is 0 Å². The van der Waals surface area contributed by atoms with Gasteiger partial charge in [-0.25, -0.2) is 0 Å². The summed E-state index contributed by atoms with van der Waals surface area (Å²) in [7, 11) is 0. The summed E-state index contributed by atoms with van der Waals surface area (Å²) >= 11 is 0. The number of hydrogen-bond donors (Lipinski definition) is 0. The zero-order chi connectivity index (χ0) is 14.6. The van der Waals surface area contributed by atoms with Crippen LogP contribution in [0.2, 0.25) is 0 Å². The standard InChI is InChI=1S/C16H19F3O/c17-16(18,19)14-8-5-13(6-9-14)11-15(20)10-7-12-3-1-2-4-12/h5-6,8-9,12H,1-4,7,10-11H2. The summed E-state index contributed by atoms with van der Waals surface area (Å²) in [5, 5.41) is 0. The van der Waals surface area contributed by atoms with Crippen molar-refractivity contribution >= 4 is 5.78 Å². The molecule has 1 fully saturated rings. The van der Waals surface area contributed by atoms with Crippen LogP contribution in [0.25, 0.3) is 0 Å². The van der Waals surface area contributed by atoms with Crippen molar-refractivity contribution in [1.82, 2.24) is 0 Å². The van der Waals surface area contributed by atoms with Gasteiger partial charge in [-0.05, 0) is 30.0 Å². The molecule has 0 aromatic heterocycles. The Hall–Kier alpha value is -1.32. The summed E-state index contributed by atoms with van der Waals surface area (Å²) in [6.07, 6.45) is 2.36. The number of carbonyl (C=O) groups is 1. The molecule has 0 saturated heterocycles. The number of Topliss-reactive ketones (excluding diaryl/α,β-unsaturated/α-hetero) is 1. The summed E-state index contributed by atoms with van der Waals surface area (Å²) < 4.78 is 37.2. The third kappa shape index (κ3) is 4.36. The van der Waals surface area contributed by atoms with E-state index in [2.05, 4.69) is 0 Å². The molecule has 0 aliphatic heterocycles. The van der Waals surface area contributed by atoms with Gasteiger partial charge in [-0.2, -0.15) is 13.2 Å². The number of ketones is 1. The van der Waals surface area contributed by atoms with Gasteiger partial charge in [0.05, 0.1) is 5.56 Å². The van der Waals surface area contributed by atoms with E-state index in [4.69, 9.17) is 0 Å². The topological polar surface area (TPSA) is 17.1 Å². The Bertz CT molecular complexity index is 442. The first-order valence-electron chi connectivity index (χ1n) is 7.13. The molecule has 1 aromatic rings. The average Bonchev–Trinajstić information content (AvgIpc) is 2.89. The van der Waals surface area contributed by atoms with Crippen molar-refractivity contribution in [1.29, 1.82) is 0 Å². The van der Waals surface area contributed by atoms with Crippen molar-refractivity contribution in [2.75, 3.05) is 0 Å². The van der Waals surface area contributed by atoms with Gasteiger partial charge in [0, 0.05) is 12.8 Å². The molecule has 0 heterocycles. The molecule has 1 nitrogen and oxygen atoms in total. The molecule has 1 aliphatic rings. The fourth-order valence-corrected chi connectivity index (χ4v) is 2.79. The van der Waals surface area contributed by atoms with Crippen LogP contribution in [0.15, 0.2) is 24.3 Å². The lowest BCUT2D eigenvalue weighted by Crippen LogP contribution is -2.07. The molecule has 0 spiro atoms. The Morgan fingerprint density at radius 3 is 2.25 bits per heavy atom. The number of halogens is 3. The normalized spacial score (nSPS) is 16.6. The molecule has 4 heteroatoms. The molecular weight excluding hydrogens is 265 g/mol. The molecule has 110 valence electrons. The van der Waals surface area contributed by atoms with Crippen LogP contribution in [0.5, 0.6) is 0 Å². The second kappa shape index (κ2) is 6.42. The molecule has 0 N–H and O–H groups in total. The molecular formula is C16H19F3O. The minimum atomic E-state index is -4.31. The smallest absolute Gasteiger partial charge is 0.299 e. The highest BCUT2D eigenvalue weighted by atomic mass is 19.4. The van der Waals surface area contributed by atoms with E-state index in [1.165, 1.54) is 37.8 Å². The third-order valence-corrected chi connectivity index (χ3v) is 3.99. The van der Waals surface area contributed by atoms with Gasteiger partial charge in [-0.15, -0.1) is 0 Å². The van der Waals surface area contributed by atoms with Gasteiger partial charge in [0.1, 0.15) is 5.78 Å². The van der Waals surface area contributed by atoms with Crippen LogP contribution < -0.4 is 0 Å². The molecule has 2 rings (SSSR count). The minimum Gasteiger partial charge on any atom is -0.299 e. The van der Waals surface area contributed by atoms with Crippen LogP contribution in [0.4, 0.5) is 13.2 Å². The first kappa shape index (κ1) is 15.1. The predicted molar refractivity (Wildman–Crippen MR) is 71.3 cm³/mol. The van der Waals surface area contributed by atoms with Crippen LogP contribution in [-0.4, -0.2) is 5.78 Å². The maximum Gasteiger partial charge on any atom is 0.416 e. The van der Waals surface area contributed by atoms with E-state index in [0.29, 0.717) is 17.9 Å². The first-order chi connectivity index (χ1) is 9.45. The summed E-state index contributed by atoms with van der Waals surface area (Å²) in [6.45, 7) is 0. The van der Waals surface area contributed by atoms with Gasteiger partial charge in [0.25, 0.3) is 0 Å². The van der Waals surface area contributed by atoms with E-state index in [-0.39, 0.29) is 12.2 Å². The Labute approximate surface area is 117 Å². The van der Waals surface area contributed by atoms with Crippen molar-refractivity contribution < 1.29 is 18.0 Å². The lowest BCUT2D eigenvalue weighted by atomic mass is 9.97.